The van der Waals surface area contributed by atoms with Crippen LogP contribution in [0.4, 0.5) is 0 Å². The second-order valence-electron chi connectivity index (χ2n) is 4.27. The van der Waals surface area contributed by atoms with Crippen molar-refractivity contribution in [3.8, 4) is 0 Å². The fourth-order valence-corrected chi connectivity index (χ4v) is 2.65. The van der Waals surface area contributed by atoms with Gasteiger partial charge in [0.25, 0.3) is 0 Å². The van der Waals surface area contributed by atoms with Crippen LogP contribution in [0.15, 0.2) is 65.8 Å². The van der Waals surface area contributed by atoms with Crippen molar-refractivity contribution in [2.75, 3.05) is 12.3 Å². The van der Waals surface area contributed by atoms with Gasteiger partial charge in [-0.3, -0.25) is 14.0 Å². The van der Waals surface area contributed by atoms with Gasteiger partial charge in [-0.05, 0) is 29.8 Å². The van der Waals surface area contributed by atoms with Crippen LogP contribution in [0, 0.1) is 0 Å². The largest absolute Gasteiger partial charge is 0.352 e. The van der Waals surface area contributed by atoms with Crippen molar-refractivity contribution in [1.82, 2.24) is 10.3 Å². The lowest BCUT2D eigenvalue weighted by molar-refractivity contribution is -0.116. The highest BCUT2D eigenvalue weighted by Gasteiger charge is 2.03. The predicted molar refractivity (Wildman–Crippen MR) is 84.0 cm³/mol. The molecule has 5 heteroatoms. The number of nitrogens with one attached hydrogen (secondary N) is 1. The molecule has 0 aliphatic carbocycles. The molecule has 1 N–H and O–H groups in total. The first-order chi connectivity index (χ1) is 10.3. The summed E-state index contributed by atoms with van der Waals surface area (Å²) in [6.45, 7) is 0.373. The van der Waals surface area contributed by atoms with Crippen LogP contribution in [0.1, 0.15) is 5.56 Å². The van der Waals surface area contributed by atoms with Crippen molar-refractivity contribution in [3.63, 3.8) is 0 Å². The number of aromatic nitrogens is 1. The van der Waals surface area contributed by atoms with Gasteiger partial charge in [0, 0.05) is 35.7 Å². The highest BCUT2D eigenvalue weighted by atomic mass is 32.2. The van der Waals surface area contributed by atoms with Gasteiger partial charge in [0.1, 0.15) is 0 Å². The molecule has 0 aliphatic rings. The number of rotatable bonds is 6. The van der Waals surface area contributed by atoms with E-state index in [0.29, 0.717) is 12.3 Å². The minimum Gasteiger partial charge on any atom is -0.352 e. The highest BCUT2D eigenvalue weighted by Crippen LogP contribution is 2.04. The molecule has 1 atom stereocenters. The number of carbonyl (C=O) groups excluding carboxylic acids is 1. The summed E-state index contributed by atoms with van der Waals surface area (Å²) in [7, 11) is -1.09. The number of benzene rings is 1. The van der Waals surface area contributed by atoms with Gasteiger partial charge in [-0.1, -0.05) is 24.3 Å². The third kappa shape index (κ3) is 5.31. The van der Waals surface area contributed by atoms with Crippen LogP contribution in [0.5, 0.6) is 0 Å². The third-order valence-electron chi connectivity index (χ3n) is 2.70. The Kier molecular flexibility index (Phi) is 5.84. The van der Waals surface area contributed by atoms with Crippen molar-refractivity contribution in [3.05, 3.63) is 66.5 Å². The quantitative estimate of drug-likeness (QED) is 0.830. The molecule has 0 saturated heterocycles. The Labute approximate surface area is 126 Å². The van der Waals surface area contributed by atoms with Crippen molar-refractivity contribution in [1.29, 1.82) is 0 Å². The summed E-state index contributed by atoms with van der Waals surface area (Å²) < 4.78 is 11.9. The zero-order chi connectivity index (χ0) is 14.9. The lowest BCUT2D eigenvalue weighted by Gasteiger charge is -2.03. The van der Waals surface area contributed by atoms with Gasteiger partial charge in [-0.15, -0.1) is 0 Å². The van der Waals surface area contributed by atoms with Gasteiger partial charge in [0.2, 0.25) is 5.91 Å². The second-order valence-corrected chi connectivity index (χ2v) is 5.84. The minimum absolute atomic E-state index is 0.205. The molecule has 0 spiro atoms. The molecule has 1 heterocycles. The lowest BCUT2D eigenvalue weighted by atomic mass is 10.2. The number of hydrogen-bond donors (Lipinski definition) is 1. The zero-order valence-corrected chi connectivity index (χ0v) is 12.3. The first kappa shape index (κ1) is 15.1. The van der Waals surface area contributed by atoms with Gasteiger partial charge in [0.05, 0.1) is 10.8 Å². The highest BCUT2D eigenvalue weighted by molar-refractivity contribution is 7.85. The standard InChI is InChI=1S/C16H16N2O2S/c19-16(9-8-14-5-4-10-17-13-14)18-11-12-21(20)15-6-2-1-3-7-15/h1-10,13H,11-12H2,(H,18,19). The summed E-state index contributed by atoms with van der Waals surface area (Å²) in [6, 6.07) is 12.9. The second kappa shape index (κ2) is 8.11. The molecule has 0 saturated carbocycles. The van der Waals surface area contributed by atoms with E-state index in [9.17, 15) is 9.00 Å². The van der Waals surface area contributed by atoms with Crippen LogP contribution >= 0.6 is 0 Å². The first-order valence-electron chi connectivity index (χ1n) is 6.55. The van der Waals surface area contributed by atoms with E-state index >= 15 is 0 Å². The number of carbonyl (C=O) groups is 1. The van der Waals surface area contributed by atoms with Crippen LogP contribution in [0.25, 0.3) is 6.08 Å². The SMILES string of the molecule is O=C(C=Cc1cccnc1)NCCS(=O)c1ccccc1. The van der Waals surface area contributed by atoms with E-state index in [1.807, 2.05) is 36.4 Å². The van der Waals surface area contributed by atoms with Gasteiger partial charge >= 0.3 is 0 Å². The average Bonchev–Trinajstić information content (AvgIpc) is 2.54. The normalized spacial score (nSPS) is 12.2. The molecule has 0 aliphatic heterocycles. The summed E-state index contributed by atoms with van der Waals surface area (Å²) in [5, 5.41) is 2.71. The number of hydrogen-bond acceptors (Lipinski definition) is 3. The summed E-state index contributed by atoms with van der Waals surface area (Å²) in [4.78, 5) is 16.4. The Hall–Kier alpha value is -2.27. The lowest BCUT2D eigenvalue weighted by Crippen LogP contribution is -2.25. The fourth-order valence-electron chi connectivity index (χ4n) is 1.66. The molecule has 1 aromatic carbocycles. The van der Waals surface area contributed by atoms with E-state index in [1.54, 1.807) is 24.5 Å². The molecule has 1 aromatic heterocycles. The molecule has 0 fully saturated rings. The zero-order valence-electron chi connectivity index (χ0n) is 11.4. The van der Waals surface area contributed by atoms with Gasteiger partial charge in [-0.2, -0.15) is 0 Å². The van der Waals surface area contributed by atoms with Gasteiger partial charge in [-0.25, -0.2) is 0 Å². The number of pyridine rings is 1. The summed E-state index contributed by atoms with van der Waals surface area (Å²) in [5.41, 5.74) is 0.862. The van der Waals surface area contributed by atoms with E-state index in [0.717, 1.165) is 10.5 Å². The van der Waals surface area contributed by atoms with Crippen molar-refractivity contribution in [2.24, 2.45) is 0 Å². The Morgan fingerprint density at radius 2 is 2.00 bits per heavy atom. The van der Waals surface area contributed by atoms with Gasteiger partial charge in [0.15, 0.2) is 0 Å². The maximum absolute atomic E-state index is 11.9. The molecule has 21 heavy (non-hydrogen) atoms. The Balaban J connectivity index is 1.75. The maximum Gasteiger partial charge on any atom is 0.244 e. The van der Waals surface area contributed by atoms with E-state index < -0.39 is 10.8 Å². The van der Waals surface area contributed by atoms with E-state index in [4.69, 9.17) is 0 Å². The molecule has 2 aromatic rings. The summed E-state index contributed by atoms with van der Waals surface area (Å²) >= 11 is 0. The van der Waals surface area contributed by atoms with E-state index in [2.05, 4.69) is 10.3 Å². The maximum atomic E-state index is 11.9. The Morgan fingerprint density at radius 1 is 1.19 bits per heavy atom. The summed E-state index contributed by atoms with van der Waals surface area (Å²) in [6.07, 6.45) is 6.49. The Bertz CT molecular complexity index is 627. The monoisotopic (exact) mass is 300 g/mol. The molecule has 0 radical (unpaired) electrons. The summed E-state index contributed by atoms with van der Waals surface area (Å²) in [5.74, 6) is 0.195. The third-order valence-corrected chi connectivity index (χ3v) is 4.08. The predicted octanol–water partition coefficient (Wildman–Crippen LogP) is 2.02. The minimum atomic E-state index is -1.09. The van der Waals surface area contributed by atoms with Crippen LogP contribution < -0.4 is 5.32 Å². The van der Waals surface area contributed by atoms with Crippen LogP contribution in [0.2, 0.25) is 0 Å². The molecule has 1 amide bonds. The van der Waals surface area contributed by atoms with E-state index in [1.165, 1.54) is 6.08 Å². The number of nitrogens with zero attached hydrogens (tertiary/aromatic N) is 1. The van der Waals surface area contributed by atoms with Crippen molar-refractivity contribution >= 4 is 22.8 Å². The molecule has 0 bridgehead atoms. The van der Waals surface area contributed by atoms with Crippen molar-refractivity contribution < 1.29 is 9.00 Å². The molecule has 2 rings (SSSR count). The van der Waals surface area contributed by atoms with Crippen LogP contribution in [0.3, 0.4) is 0 Å². The molecule has 1 unspecified atom stereocenters. The molecular weight excluding hydrogens is 284 g/mol. The number of amides is 1. The topological polar surface area (TPSA) is 59.1 Å². The van der Waals surface area contributed by atoms with E-state index in [-0.39, 0.29) is 5.91 Å². The van der Waals surface area contributed by atoms with Gasteiger partial charge < -0.3 is 5.32 Å². The molecule has 108 valence electrons. The van der Waals surface area contributed by atoms with Crippen molar-refractivity contribution in [2.45, 2.75) is 4.90 Å². The fraction of sp³-hybridized carbons (Fsp3) is 0.125. The molecule has 4 nitrogen and oxygen atoms in total. The average molecular weight is 300 g/mol. The smallest absolute Gasteiger partial charge is 0.244 e. The Morgan fingerprint density at radius 3 is 2.71 bits per heavy atom. The first-order valence-corrected chi connectivity index (χ1v) is 7.87. The van der Waals surface area contributed by atoms with Crippen LogP contribution in [-0.4, -0.2) is 27.4 Å². The van der Waals surface area contributed by atoms with Crippen LogP contribution in [-0.2, 0) is 15.6 Å². The molecular formula is C16H16N2O2S.